The van der Waals surface area contributed by atoms with Crippen LogP contribution in [0.2, 0.25) is 0 Å². The minimum absolute atomic E-state index is 0. The third-order valence-electron chi connectivity index (χ3n) is 0.152. The molecule has 40 valence electrons. The number of halogens is 2. The van der Waals surface area contributed by atoms with Crippen molar-refractivity contribution in [2.45, 2.75) is 5.76 Å². The molecule has 0 aromatic rings. The van der Waals surface area contributed by atoms with Gasteiger partial charge in [0.1, 0.15) is 0 Å². The van der Waals surface area contributed by atoms with Crippen LogP contribution >= 0.6 is 0 Å². The molecular formula is CH3F2NaO2S. The molecule has 7 heavy (non-hydrogen) atoms. The molecule has 1 N–H and O–H groups in total. The number of rotatable bonds is 1. The van der Waals surface area contributed by atoms with E-state index in [1.807, 2.05) is 0 Å². The van der Waals surface area contributed by atoms with Gasteiger partial charge in [-0.1, -0.05) is 0 Å². The predicted molar refractivity (Wildman–Crippen MR) is 23.9 cm³/mol. The normalized spacial score (nSPS) is 13.1. The Balaban J connectivity index is 0. The predicted octanol–water partition coefficient (Wildman–Crippen LogP) is -0.218. The van der Waals surface area contributed by atoms with E-state index in [9.17, 15) is 8.78 Å². The van der Waals surface area contributed by atoms with Crippen molar-refractivity contribution in [1.82, 2.24) is 0 Å². The molecule has 2 nitrogen and oxygen atoms in total. The van der Waals surface area contributed by atoms with E-state index < -0.39 is 16.8 Å². The molecule has 1 unspecified atom stereocenters. The van der Waals surface area contributed by atoms with Crippen LogP contribution in [0.25, 0.3) is 0 Å². The molecule has 0 saturated carbocycles. The molecule has 0 aliphatic heterocycles. The van der Waals surface area contributed by atoms with Crippen molar-refractivity contribution in [2.24, 2.45) is 0 Å². The molecular weight excluding hydrogens is 137 g/mol. The van der Waals surface area contributed by atoms with Gasteiger partial charge in [-0.25, -0.2) is 4.21 Å². The van der Waals surface area contributed by atoms with Crippen LogP contribution in [-0.2, 0) is 11.1 Å². The van der Waals surface area contributed by atoms with Crippen LogP contribution < -0.4 is 0 Å². The standard InChI is InChI=1S/CH2F2O2S.Na.H/c2-1(3)6(4)5;;/h1H,(H,4,5);;. The zero-order chi connectivity index (χ0) is 5.15. The second kappa shape index (κ2) is 5.11. The second-order valence-electron chi connectivity index (χ2n) is 0.537. The summed E-state index contributed by atoms with van der Waals surface area (Å²) in [4.78, 5) is 0. The van der Waals surface area contributed by atoms with Crippen molar-refractivity contribution in [3.63, 3.8) is 0 Å². The van der Waals surface area contributed by atoms with Crippen LogP contribution in [0.1, 0.15) is 0 Å². The number of alkyl halides is 2. The topological polar surface area (TPSA) is 37.3 Å². The average molecular weight is 140 g/mol. The molecule has 0 fully saturated rings. The molecule has 0 bridgehead atoms. The van der Waals surface area contributed by atoms with Gasteiger partial charge in [0.2, 0.25) is 11.1 Å². The van der Waals surface area contributed by atoms with Crippen molar-refractivity contribution >= 4 is 40.6 Å². The molecule has 0 rings (SSSR count). The Kier molecular flexibility index (Phi) is 7.94. The van der Waals surface area contributed by atoms with Crippen LogP contribution in [0, 0.1) is 0 Å². The Morgan fingerprint density at radius 1 is 1.57 bits per heavy atom. The van der Waals surface area contributed by atoms with Crippen LogP contribution in [-0.4, -0.2) is 44.1 Å². The van der Waals surface area contributed by atoms with E-state index in [2.05, 4.69) is 0 Å². The fraction of sp³-hybridized carbons (Fsp3) is 1.00. The van der Waals surface area contributed by atoms with E-state index in [4.69, 9.17) is 8.76 Å². The van der Waals surface area contributed by atoms with Crippen molar-refractivity contribution in [1.29, 1.82) is 0 Å². The van der Waals surface area contributed by atoms with Crippen molar-refractivity contribution in [3.05, 3.63) is 0 Å². The molecule has 0 aromatic carbocycles. The Bertz CT molecular complexity index is 66.7. The Hall–Kier alpha value is 0.970. The van der Waals surface area contributed by atoms with Gasteiger partial charge < -0.3 is 4.55 Å². The van der Waals surface area contributed by atoms with Gasteiger partial charge in [0.15, 0.2) is 0 Å². The molecule has 6 heteroatoms. The molecule has 0 spiro atoms. The maximum atomic E-state index is 10.6. The van der Waals surface area contributed by atoms with Gasteiger partial charge in [-0.05, 0) is 0 Å². The summed E-state index contributed by atoms with van der Waals surface area (Å²) in [6.45, 7) is 0. The van der Waals surface area contributed by atoms with Gasteiger partial charge in [0, 0.05) is 0 Å². The summed E-state index contributed by atoms with van der Waals surface area (Å²) in [5, 5.41) is 0. The number of hydrogen-bond donors (Lipinski definition) is 1. The van der Waals surface area contributed by atoms with Crippen LogP contribution in [0.15, 0.2) is 0 Å². The number of hydrogen-bond acceptors (Lipinski definition) is 1. The Morgan fingerprint density at radius 3 is 1.71 bits per heavy atom. The van der Waals surface area contributed by atoms with E-state index >= 15 is 0 Å². The molecule has 0 aliphatic rings. The third kappa shape index (κ3) is 6.97. The zero-order valence-corrected chi connectivity index (χ0v) is 3.41. The van der Waals surface area contributed by atoms with E-state index in [0.717, 1.165) is 0 Å². The first-order valence-corrected chi connectivity index (χ1v) is 2.19. The fourth-order valence-corrected chi connectivity index (χ4v) is 0. The van der Waals surface area contributed by atoms with Gasteiger partial charge in [-0.15, -0.1) is 0 Å². The van der Waals surface area contributed by atoms with Crippen LogP contribution in [0.4, 0.5) is 8.78 Å². The summed E-state index contributed by atoms with van der Waals surface area (Å²) in [5.41, 5.74) is 0. The first-order valence-electron chi connectivity index (χ1n) is 1.02. The molecule has 0 heterocycles. The van der Waals surface area contributed by atoms with Gasteiger partial charge in [0.25, 0.3) is 0 Å². The summed E-state index contributed by atoms with van der Waals surface area (Å²) in [7, 11) is 0. The summed E-state index contributed by atoms with van der Waals surface area (Å²) in [6.07, 6.45) is 0. The van der Waals surface area contributed by atoms with E-state index in [-0.39, 0.29) is 29.6 Å². The first kappa shape index (κ1) is 10.9. The van der Waals surface area contributed by atoms with Crippen molar-refractivity contribution in [3.8, 4) is 0 Å². The fourth-order valence-electron chi connectivity index (χ4n) is 0. The van der Waals surface area contributed by atoms with Gasteiger partial charge in [-0.3, -0.25) is 0 Å². The van der Waals surface area contributed by atoms with Gasteiger partial charge >= 0.3 is 35.3 Å². The Morgan fingerprint density at radius 2 is 1.71 bits per heavy atom. The summed E-state index contributed by atoms with van der Waals surface area (Å²) >= 11 is -2.95. The van der Waals surface area contributed by atoms with E-state index in [0.29, 0.717) is 0 Å². The van der Waals surface area contributed by atoms with Crippen molar-refractivity contribution in [2.75, 3.05) is 0 Å². The summed E-state index contributed by atoms with van der Waals surface area (Å²) in [5.74, 6) is -3.12. The van der Waals surface area contributed by atoms with Crippen molar-refractivity contribution < 1.29 is 17.5 Å². The third-order valence-corrected chi connectivity index (χ3v) is 0.457. The monoisotopic (exact) mass is 140 g/mol. The van der Waals surface area contributed by atoms with Gasteiger partial charge in [0.05, 0.1) is 0 Å². The summed E-state index contributed by atoms with van der Waals surface area (Å²) < 4.78 is 37.6. The second-order valence-corrected chi connectivity index (χ2v) is 1.45. The van der Waals surface area contributed by atoms with Crippen LogP contribution in [0.3, 0.4) is 0 Å². The molecule has 0 aliphatic carbocycles. The summed E-state index contributed by atoms with van der Waals surface area (Å²) in [6, 6.07) is 0. The zero-order valence-electron chi connectivity index (χ0n) is 2.60. The van der Waals surface area contributed by atoms with E-state index in [1.54, 1.807) is 0 Å². The molecule has 1 atom stereocenters. The van der Waals surface area contributed by atoms with Gasteiger partial charge in [-0.2, -0.15) is 8.78 Å². The first-order chi connectivity index (χ1) is 2.64. The quantitative estimate of drug-likeness (QED) is 0.404. The average Bonchev–Trinajstić information content (AvgIpc) is 1.36. The van der Waals surface area contributed by atoms with E-state index in [1.165, 1.54) is 0 Å². The molecule has 0 aromatic heterocycles. The van der Waals surface area contributed by atoms with Crippen LogP contribution in [0.5, 0.6) is 0 Å². The molecule has 0 amide bonds. The SMILES string of the molecule is O=S(O)C(F)F.[NaH]. The Labute approximate surface area is 63.9 Å². The maximum absolute atomic E-state index is 10.6. The minimum atomic E-state index is -3.12. The molecule has 0 saturated heterocycles. The molecule has 0 radical (unpaired) electrons.